The molecular weight excluding hydrogens is 284 g/mol. The lowest BCUT2D eigenvalue weighted by atomic mass is 10.2. The van der Waals surface area contributed by atoms with Crippen LogP contribution in [0.1, 0.15) is 25.3 Å². The Balaban J connectivity index is 1.77. The molecule has 6 nitrogen and oxygen atoms in total. The number of carbonyl (C=O) groups is 2. The Morgan fingerprint density at radius 3 is 2.50 bits per heavy atom. The molecule has 1 atom stereocenters. The fourth-order valence-corrected chi connectivity index (χ4v) is 2.24. The first-order chi connectivity index (χ1) is 10.6. The monoisotopic (exact) mass is 302 g/mol. The average Bonchev–Trinajstić information content (AvgIpc) is 3.07. The van der Waals surface area contributed by atoms with Crippen LogP contribution in [0.15, 0.2) is 24.3 Å². The molecule has 1 saturated heterocycles. The highest BCUT2D eigenvalue weighted by Gasteiger charge is 2.25. The summed E-state index contributed by atoms with van der Waals surface area (Å²) in [5.74, 6) is -0.289. The summed E-state index contributed by atoms with van der Waals surface area (Å²) in [6.07, 6.45) is 1.19. The number of nitriles is 1. The summed E-state index contributed by atoms with van der Waals surface area (Å²) in [6.45, 7) is 2.74. The third-order valence-electron chi connectivity index (χ3n) is 3.41. The van der Waals surface area contributed by atoms with Gasteiger partial charge >= 0.3 is 5.97 Å². The van der Waals surface area contributed by atoms with E-state index in [0.29, 0.717) is 11.3 Å². The quantitative estimate of drug-likeness (QED) is 0.770. The van der Waals surface area contributed by atoms with Crippen LogP contribution in [0.4, 0.5) is 0 Å². The number of rotatable bonds is 5. The predicted molar refractivity (Wildman–Crippen MR) is 78.0 cm³/mol. The van der Waals surface area contributed by atoms with Crippen molar-refractivity contribution in [1.29, 1.82) is 5.26 Å². The van der Waals surface area contributed by atoms with E-state index in [1.807, 2.05) is 6.07 Å². The van der Waals surface area contributed by atoms with Crippen LogP contribution >= 0.6 is 0 Å². The van der Waals surface area contributed by atoms with E-state index in [1.165, 1.54) is 0 Å². The first-order valence-electron chi connectivity index (χ1n) is 7.21. The first kappa shape index (κ1) is 15.8. The molecule has 6 heteroatoms. The van der Waals surface area contributed by atoms with Crippen LogP contribution in [0.3, 0.4) is 0 Å². The first-order valence-corrected chi connectivity index (χ1v) is 7.21. The highest BCUT2D eigenvalue weighted by molar-refractivity contribution is 5.84. The second kappa shape index (κ2) is 7.46. The largest absolute Gasteiger partial charge is 0.482 e. The molecule has 0 aromatic heterocycles. The van der Waals surface area contributed by atoms with Gasteiger partial charge in [-0.05, 0) is 44.0 Å². The fraction of sp³-hybridized carbons (Fsp3) is 0.438. The van der Waals surface area contributed by atoms with Gasteiger partial charge in [-0.25, -0.2) is 4.79 Å². The van der Waals surface area contributed by atoms with Crippen LogP contribution in [0.25, 0.3) is 0 Å². The number of hydrogen-bond acceptors (Lipinski definition) is 5. The number of benzene rings is 1. The Bertz CT molecular complexity index is 571. The van der Waals surface area contributed by atoms with Crippen molar-refractivity contribution in [3.8, 4) is 11.8 Å². The summed E-state index contributed by atoms with van der Waals surface area (Å²) in [4.78, 5) is 25.4. The zero-order chi connectivity index (χ0) is 15.9. The number of ether oxygens (including phenoxy) is 2. The molecule has 0 aliphatic carbocycles. The molecule has 1 aromatic carbocycles. The molecule has 2 rings (SSSR count). The predicted octanol–water partition coefficient (Wildman–Crippen LogP) is 1.49. The standard InChI is InChI=1S/C16H18N2O4/c1-12(16(20)18-8-2-3-9-18)22-15(19)11-21-14-6-4-13(10-17)5-7-14/h4-7,12H,2-3,8-9,11H2,1H3/t12-/m1/s1. The second-order valence-electron chi connectivity index (χ2n) is 5.09. The number of carbonyl (C=O) groups excluding carboxylic acids is 2. The van der Waals surface area contributed by atoms with Gasteiger partial charge in [-0.1, -0.05) is 0 Å². The van der Waals surface area contributed by atoms with E-state index < -0.39 is 12.1 Å². The van der Waals surface area contributed by atoms with Gasteiger partial charge in [0, 0.05) is 13.1 Å². The van der Waals surface area contributed by atoms with Crippen molar-refractivity contribution in [2.24, 2.45) is 0 Å². The summed E-state index contributed by atoms with van der Waals surface area (Å²) < 4.78 is 10.3. The van der Waals surface area contributed by atoms with Gasteiger partial charge in [0.15, 0.2) is 12.7 Å². The van der Waals surface area contributed by atoms with E-state index in [2.05, 4.69) is 0 Å². The molecule has 0 unspecified atom stereocenters. The van der Waals surface area contributed by atoms with E-state index in [4.69, 9.17) is 14.7 Å². The lowest BCUT2D eigenvalue weighted by Gasteiger charge is -2.20. The molecule has 0 radical (unpaired) electrons. The molecule has 116 valence electrons. The number of amides is 1. The third-order valence-corrected chi connectivity index (χ3v) is 3.41. The SMILES string of the molecule is C[C@@H](OC(=O)COc1ccc(C#N)cc1)C(=O)N1CCCC1. The van der Waals surface area contributed by atoms with Crippen molar-refractivity contribution < 1.29 is 19.1 Å². The third kappa shape index (κ3) is 4.22. The molecule has 0 N–H and O–H groups in total. The molecule has 22 heavy (non-hydrogen) atoms. The highest BCUT2D eigenvalue weighted by atomic mass is 16.6. The van der Waals surface area contributed by atoms with Crippen molar-refractivity contribution in [3.63, 3.8) is 0 Å². The molecule has 1 aliphatic rings. The second-order valence-corrected chi connectivity index (χ2v) is 5.09. The summed E-state index contributed by atoms with van der Waals surface area (Å²) in [7, 11) is 0. The zero-order valence-electron chi connectivity index (χ0n) is 12.4. The van der Waals surface area contributed by atoms with Gasteiger partial charge in [-0.2, -0.15) is 5.26 Å². The van der Waals surface area contributed by atoms with Crippen LogP contribution in [-0.4, -0.2) is 42.6 Å². The molecule has 0 saturated carbocycles. The van der Waals surface area contributed by atoms with Crippen LogP contribution < -0.4 is 4.74 Å². The van der Waals surface area contributed by atoms with Crippen LogP contribution in [0.2, 0.25) is 0 Å². The van der Waals surface area contributed by atoms with Gasteiger partial charge in [0.05, 0.1) is 11.6 Å². The van der Waals surface area contributed by atoms with Crippen molar-refractivity contribution >= 4 is 11.9 Å². The fourth-order valence-electron chi connectivity index (χ4n) is 2.24. The van der Waals surface area contributed by atoms with Crippen LogP contribution in [0.5, 0.6) is 5.75 Å². The number of hydrogen-bond donors (Lipinski definition) is 0. The molecule has 0 spiro atoms. The molecule has 1 aromatic rings. The maximum Gasteiger partial charge on any atom is 0.344 e. The van der Waals surface area contributed by atoms with Gasteiger partial charge in [0.2, 0.25) is 0 Å². The minimum absolute atomic E-state index is 0.163. The number of nitrogens with zero attached hydrogens (tertiary/aromatic N) is 2. The van der Waals surface area contributed by atoms with E-state index in [-0.39, 0.29) is 12.5 Å². The van der Waals surface area contributed by atoms with Gasteiger partial charge < -0.3 is 14.4 Å². The van der Waals surface area contributed by atoms with Crippen molar-refractivity contribution in [2.75, 3.05) is 19.7 Å². The average molecular weight is 302 g/mol. The van der Waals surface area contributed by atoms with E-state index in [9.17, 15) is 9.59 Å². The van der Waals surface area contributed by atoms with E-state index in [1.54, 1.807) is 36.1 Å². The zero-order valence-corrected chi connectivity index (χ0v) is 12.4. The Kier molecular flexibility index (Phi) is 5.37. The summed E-state index contributed by atoms with van der Waals surface area (Å²) in [5, 5.41) is 8.69. The maximum atomic E-state index is 12.0. The Hall–Kier alpha value is -2.55. The minimum Gasteiger partial charge on any atom is -0.482 e. The topological polar surface area (TPSA) is 79.6 Å². The van der Waals surface area contributed by atoms with E-state index >= 15 is 0 Å². The summed E-state index contributed by atoms with van der Waals surface area (Å²) >= 11 is 0. The smallest absolute Gasteiger partial charge is 0.344 e. The molecule has 1 aliphatic heterocycles. The minimum atomic E-state index is -0.796. The summed E-state index contributed by atoms with van der Waals surface area (Å²) in [6, 6.07) is 8.39. The number of likely N-dealkylation sites (tertiary alicyclic amines) is 1. The molecule has 1 amide bonds. The highest BCUT2D eigenvalue weighted by Crippen LogP contribution is 2.13. The normalized spacial score (nSPS) is 15.0. The van der Waals surface area contributed by atoms with Gasteiger partial charge in [-0.15, -0.1) is 0 Å². The van der Waals surface area contributed by atoms with Gasteiger partial charge in [-0.3, -0.25) is 4.79 Å². The van der Waals surface area contributed by atoms with Crippen molar-refractivity contribution in [2.45, 2.75) is 25.9 Å². The molecular formula is C16H18N2O4. The Morgan fingerprint density at radius 1 is 1.27 bits per heavy atom. The molecule has 1 heterocycles. The van der Waals surface area contributed by atoms with Crippen molar-refractivity contribution in [3.05, 3.63) is 29.8 Å². The van der Waals surface area contributed by atoms with Gasteiger partial charge in [0.1, 0.15) is 5.75 Å². The Morgan fingerprint density at radius 2 is 1.91 bits per heavy atom. The lowest BCUT2D eigenvalue weighted by molar-refractivity contribution is -0.160. The van der Waals surface area contributed by atoms with Crippen LogP contribution in [0, 0.1) is 11.3 Å². The number of esters is 1. The van der Waals surface area contributed by atoms with E-state index in [0.717, 1.165) is 25.9 Å². The van der Waals surface area contributed by atoms with Crippen molar-refractivity contribution in [1.82, 2.24) is 4.90 Å². The van der Waals surface area contributed by atoms with Gasteiger partial charge in [0.25, 0.3) is 5.91 Å². The summed E-state index contributed by atoms with van der Waals surface area (Å²) in [5.41, 5.74) is 0.514. The lowest BCUT2D eigenvalue weighted by Crippen LogP contribution is -2.38. The molecule has 0 bridgehead atoms. The Labute approximate surface area is 129 Å². The molecule has 1 fully saturated rings. The maximum absolute atomic E-state index is 12.0. The van der Waals surface area contributed by atoms with Crippen LogP contribution in [-0.2, 0) is 14.3 Å².